The van der Waals surface area contributed by atoms with E-state index in [1.54, 1.807) is 0 Å². The van der Waals surface area contributed by atoms with Crippen LogP contribution in [0.4, 0.5) is 0 Å². The molecule has 13 heavy (non-hydrogen) atoms. The number of likely N-dealkylation sites (N-methyl/N-ethyl adjacent to an activating group) is 1. The Hall–Kier alpha value is -0.460. The van der Waals surface area contributed by atoms with Gasteiger partial charge in [-0.05, 0) is 6.92 Å². The highest BCUT2D eigenvalue weighted by atomic mass is 31.2. The van der Waals surface area contributed by atoms with Crippen molar-refractivity contribution in [2.45, 2.75) is 6.92 Å². The molecule has 0 spiro atoms. The molecule has 0 rings (SSSR count). The largest absolute Gasteiger partial charge is 0.632 e. The molecule has 78 valence electrons. The van der Waals surface area contributed by atoms with E-state index in [9.17, 15) is 14.6 Å². The van der Waals surface area contributed by atoms with Crippen molar-refractivity contribution in [3.8, 4) is 0 Å². The van der Waals surface area contributed by atoms with Gasteiger partial charge in [-0.15, -0.1) is 0 Å². The van der Waals surface area contributed by atoms with Crippen LogP contribution < -0.4 is 0 Å². The molecule has 0 saturated heterocycles. The van der Waals surface area contributed by atoms with E-state index in [1.807, 2.05) is 0 Å². The number of hydrogen-bond acceptors (Lipinski definition) is 3. The molecule has 0 saturated carbocycles. The van der Waals surface area contributed by atoms with Crippen molar-refractivity contribution in [3.05, 3.63) is 5.21 Å². The zero-order valence-corrected chi connectivity index (χ0v) is 7.98. The van der Waals surface area contributed by atoms with E-state index >= 15 is 0 Å². The van der Waals surface area contributed by atoms with Crippen LogP contribution in [0.1, 0.15) is 6.92 Å². The second kappa shape index (κ2) is 4.17. The van der Waals surface area contributed by atoms with Gasteiger partial charge in [-0.25, -0.2) is 4.79 Å². The lowest BCUT2D eigenvalue weighted by Gasteiger charge is -2.39. The summed E-state index contributed by atoms with van der Waals surface area (Å²) in [5, 5.41) is 19.7. The van der Waals surface area contributed by atoms with E-state index in [0.717, 1.165) is 0 Å². The van der Waals surface area contributed by atoms with Crippen LogP contribution in [0, 0.1) is 5.21 Å². The number of nitrogens with zero attached hydrogens (tertiary/aromatic N) is 1. The second-order valence-corrected chi connectivity index (χ2v) is 4.34. The molecule has 1 unspecified atom stereocenters. The Labute approximate surface area is 74.9 Å². The monoisotopic (exact) mass is 213 g/mol. The van der Waals surface area contributed by atoms with Crippen molar-refractivity contribution >= 4 is 13.6 Å². The van der Waals surface area contributed by atoms with Gasteiger partial charge in [0.15, 0.2) is 12.8 Å². The first-order valence-electron chi connectivity index (χ1n) is 3.52. The summed E-state index contributed by atoms with van der Waals surface area (Å²) < 4.78 is 9.07. The third kappa shape index (κ3) is 5.73. The van der Waals surface area contributed by atoms with E-state index < -0.39 is 31.0 Å². The minimum atomic E-state index is -4.46. The van der Waals surface area contributed by atoms with Gasteiger partial charge in [0.1, 0.15) is 0 Å². The van der Waals surface area contributed by atoms with Gasteiger partial charge in [0.05, 0.1) is 6.54 Å². The van der Waals surface area contributed by atoms with Gasteiger partial charge < -0.3 is 24.7 Å². The number of rotatable bonds is 5. The summed E-state index contributed by atoms with van der Waals surface area (Å²) in [6, 6.07) is 0. The molecule has 7 nitrogen and oxygen atoms in total. The predicted octanol–water partition coefficient (Wildman–Crippen LogP) is -0.459. The molecule has 0 aromatic heterocycles. The molecule has 0 fully saturated rings. The van der Waals surface area contributed by atoms with Crippen LogP contribution >= 0.6 is 7.60 Å². The number of carboxylic acid groups (broad SMARTS) is 1. The fourth-order valence-electron chi connectivity index (χ4n) is 0.844. The molecule has 8 heteroatoms. The van der Waals surface area contributed by atoms with Gasteiger partial charge in [-0.1, -0.05) is 0 Å². The first-order chi connectivity index (χ1) is 5.68. The Morgan fingerprint density at radius 1 is 1.54 bits per heavy atom. The minimum absolute atomic E-state index is 0.183. The predicted molar refractivity (Wildman–Crippen MR) is 43.6 cm³/mol. The Kier molecular flexibility index (Phi) is 4.02. The normalized spacial score (nSPS) is 16.6. The molecule has 0 aromatic rings. The van der Waals surface area contributed by atoms with Crippen molar-refractivity contribution in [2.24, 2.45) is 0 Å². The fourth-order valence-corrected chi connectivity index (χ4v) is 1.82. The number of quaternary nitrogens is 1. The average molecular weight is 213 g/mol. The molecular formula is C5H12NO6P. The quantitative estimate of drug-likeness (QED) is 0.323. The number of hydroxylamine groups is 3. The molecule has 0 aliphatic heterocycles. The van der Waals surface area contributed by atoms with Crippen LogP contribution in [-0.2, 0) is 9.36 Å². The van der Waals surface area contributed by atoms with Crippen LogP contribution in [0.2, 0.25) is 0 Å². The van der Waals surface area contributed by atoms with Crippen LogP contribution in [0.5, 0.6) is 0 Å². The van der Waals surface area contributed by atoms with Crippen molar-refractivity contribution in [3.63, 3.8) is 0 Å². The maximum atomic E-state index is 11.4. The molecule has 0 aliphatic rings. The zero-order valence-electron chi connectivity index (χ0n) is 7.08. The summed E-state index contributed by atoms with van der Waals surface area (Å²) in [6.07, 6.45) is -0.990. The molecule has 1 atom stereocenters. The molecule has 0 heterocycles. The Morgan fingerprint density at radius 3 is 2.23 bits per heavy atom. The van der Waals surface area contributed by atoms with E-state index in [4.69, 9.17) is 14.9 Å². The van der Waals surface area contributed by atoms with Crippen molar-refractivity contribution in [2.75, 3.05) is 19.4 Å². The van der Waals surface area contributed by atoms with Gasteiger partial charge in [-0.3, -0.25) is 4.57 Å². The molecule has 0 aliphatic carbocycles. The molecular weight excluding hydrogens is 201 g/mol. The van der Waals surface area contributed by atoms with Crippen molar-refractivity contribution in [1.82, 2.24) is 0 Å². The topological polar surface area (TPSA) is 118 Å². The van der Waals surface area contributed by atoms with Gasteiger partial charge in [0, 0.05) is 0 Å². The maximum absolute atomic E-state index is 11.4. The number of carboxylic acids is 1. The number of aliphatic carboxylic acids is 1. The average Bonchev–Trinajstić information content (AvgIpc) is 1.81. The Bertz CT molecular complexity index is 237. The SMILES string of the molecule is CC[N+]([O-])(CC(=O)O)CP(=O)(O)O. The van der Waals surface area contributed by atoms with E-state index in [-0.39, 0.29) is 6.54 Å². The first kappa shape index (κ1) is 12.5. The number of carbonyl (C=O) groups is 1. The van der Waals surface area contributed by atoms with Gasteiger partial charge in [0.2, 0.25) is 0 Å². The smallest absolute Gasteiger partial charge is 0.379 e. The highest BCUT2D eigenvalue weighted by molar-refractivity contribution is 7.51. The van der Waals surface area contributed by atoms with Crippen LogP contribution in [-0.4, -0.2) is 44.9 Å². The van der Waals surface area contributed by atoms with E-state index in [1.165, 1.54) is 6.92 Å². The van der Waals surface area contributed by atoms with Gasteiger partial charge in [0.25, 0.3) is 0 Å². The maximum Gasteiger partial charge on any atom is 0.379 e. The minimum Gasteiger partial charge on any atom is -0.632 e. The fraction of sp³-hybridized carbons (Fsp3) is 0.800. The van der Waals surface area contributed by atoms with E-state index in [0.29, 0.717) is 0 Å². The standard InChI is InChI=1S/C5H12NO6P/c1-2-6(9,3-5(7)8)4-13(10,11)12/h2-4H2,1H3,(H,7,8)(H2,10,11,12). The van der Waals surface area contributed by atoms with Gasteiger partial charge >= 0.3 is 13.6 Å². The first-order valence-corrected chi connectivity index (χ1v) is 5.32. The van der Waals surface area contributed by atoms with E-state index in [2.05, 4.69) is 0 Å². The van der Waals surface area contributed by atoms with Crippen LogP contribution in [0.15, 0.2) is 0 Å². The lowest BCUT2D eigenvalue weighted by molar-refractivity contribution is -0.860. The molecule has 0 aromatic carbocycles. The molecule has 3 N–H and O–H groups in total. The summed E-state index contributed by atoms with van der Waals surface area (Å²) in [5.41, 5.74) is 0. The summed E-state index contributed by atoms with van der Waals surface area (Å²) in [5.74, 6) is -1.37. The molecule has 0 radical (unpaired) electrons. The highest BCUT2D eigenvalue weighted by Crippen LogP contribution is 2.37. The summed E-state index contributed by atoms with van der Waals surface area (Å²) >= 11 is 0. The van der Waals surface area contributed by atoms with Crippen molar-refractivity contribution < 1.29 is 28.9 Å². The zero-order chi connectivity index (χ0) is 10.7. The van der Waals surface area contributed by atoms with Crippen LogP contribution in [0.25, 0.3) is 0 Å². The summed E-state index contributed by atoms with van der Waals surface area (Å²) in [6.45, 7) is 0.366. The highest BCUT2D eigenvalue weighted by Gasteiger charge is 2.28. The Morgan fingerprint density at radius 2 is 2.00 bits per heavy atom. The molecule has 0 bridgehead atoms. The third-order valence-corrected chi connectivity index (χ3v) is 2.33. The number of hydrogen-bond donors (Lipinski definition) is 3. The van der Waals surface area contributed by atoms with Gasteiger partial charge in [-0.2, -0.15) is 0 Å². The lowest BCUT2D eigenvalue weighted by atomic mass is 10.5. The van der Waals surface area contributed by atoms with Crippen molar-refractivity contribution in [1.29, 1.82) is 0 Å². The summed E-state index contributed by atoms with van der Waals surface area (Å²) in [7, 11) is -4.46. The summed E-state index contributed by atoms with van der Waals surface area (Å²) in [4.78, 5) is 27.2. The third-order valence-electron chi connectivity index (χ3n) is 1.44. The second-order valence-electron chi connectivity index (χ2n) is 2.73. The molecule has 0 amide bonds. The lowest BCUT2D eigenvalue weighted by Crippen LogP contribution is -2.46. The Balaban J connectivity index is 4.46. The van der Waals surface area contributed by atoms with Crippen LogP contribution in [0.3, 0.4) is 0 Å².